The summed E-state index contributed by atoms with van der Waals surface area (Å²) in [4.78, 5) is 100.0. The van der Waals surface area contributed by atoms with Gasteiger partial charge in [0.25, 0.3) is 35.0 Å². The number of rotatable bonds is 14. The maximum atomic E-state index is 12.9. The van der Waals surface area contributed by atoms with E-state index in [4.69, 9.17) is 47.4 Å². The average Bonchev–Trinajstić information content (AvgIpc) is 3.18. The van der Waals surface area contributed by atoms with Crippen LogP contribution in [0.2, 0.25) is 0 Å². The van der Waals surface area contributed by atoms with Crippen LogP contribution in [0.25, 0.3) is 0 Å². The molecule has 332 valence electrons. The van der Waals surface area contributed by atoms with Crippen molar-refractivity contribution in [1.82, 2.24) is 0 Å². The second-order valence-corrected chi connectivity index (χ2v) is 14.3. The van der Waals surface area contributed by atoms with Gasteiger partial charge in [0.1, 0.15) is 22.3 Å². The van der Waals surface area contributed by atoms with Crippen LogP contribution in [0.15, 0.2) is 94.9 Å². The van der Waals surface area contributed by atoms with E-state index in [0.717, 1.165) is 24.3 Å². The molecule has 1 aliphatic carbocycles. The number of carbonyl (C=O) groups excluding carboxylic acids is 8. The number of hydrogen-bond acceptors (Lipinski definition) is 20. The van der Waals surface area contributed by atoms with Gasteiger partial charge in [0.05, 0.1) is 26.1 Å². The number of aliphatic hydroxyl groups is 2. The molecule has 1 saturated carbocycles. The third-order valence-electron chi connectivity index (χ3n) is 9.58. The number of esters is 8. The Balaban J connectivity index is 1.11. The number of cyclic esters (lactones) is 2. The standard InChI is InChI=1S/C42H44O20/c1-5-53-29(43)17-19-39(3)55-31(45)25(32(46)56-39)13-9-7-11-15-27-35(49)59-41(60-36(27)50)21-23-42(24-22-41)61-37(51)28(38(52)62-42)16-12-8-10-14-26-33(47)57-40(4,58-34(26)48)20-18-30(44)54-6-2/h7-16,45,47H,5-6,17-24H2,1-4H3. The van der Waals surface area contributed by atoms with Crippen molar-refractivity contribution in [1.29, 1.82) is 0 Å². The van der Waals surface area contributed by atoms with Crippen LogP contribution < -0.4 is 0 Å². The van der Waals surface area contributed by atoms with E-state index in [2.05, 4.69) is 0 Å². The smallest absolute Gasteiger partial charge is 0.348 e. The highest BCUT2D eigenvalue weighted by molar-refractivity contribution is 6.16. The van der Waals surface area contributed by atoms with Gasteiger partial charge in [0.15, 0.2) is 0 Å². The summed E-state index contributed by atoms with van der Waals surface area (Å²) in [6.45, 7) is 6.38. The molecule has 3 fully saturated rings. The van der Waals surface area contributed by atoms with Crippen LogP contribution in [-0.2, 0) is 85.7 Å². The molecule has 4 heterocycles. The van der Waals surface area contributed by atoms with Crippen molar-refractivity contribution in [3.63, 3.8) is 0 Å². The Morgan fingerprint density at radius 3 is 1.16 bits per heavy atom. The molecule has 0 aromatic rings. The van der Waals surface area contributed by atoms with Gasteiger partial charge in [-0.3, -0.25) is 9.59 Å². The Morgan fingerprint density at radius 1 is 0.516 bits per heavy atom. The van der Waals surface area contributed by atoms with E-state index in [1.54, 1.807) is 13.8 Å². The summed E-state index contributed by atoms with van der Waals surface area (Å²) in [7, 11) is 0. The maximum Gasteiger partial charge on any atom is 0.348 e. The summed E-state index contributed by atoms with van der Waals surface area (Å²) in [6.07, 6.45) is 11.2. The largest absolute Gasteiger partial charge is 0.480 e. The van der Waals surface area contributed by atoms with E-state index in [1.165, 1.54) is 50.3 Å². The van der Waals surface area contributed by atoms with Crippen LogP contribution >= 0.6 is 0 Å². The third-order valence-corrected chi connectivity index (χ3v) is 9.58. The van der Waals surface area contributed by atoms with Gasteiger partial charge in [-0.25, -0.2) is 28.8 Å². The lowest BCUT2D eigenvalue weighted by atomic mass is 9.87. The van der Waals surface area contributed by atoms with E-state index in [1.807, 2.05) is 0 Å². The van der Waals surface area contributed by atoms with Gasteiger partial charge in [0.2, 0.25) is 0 Å². The van der Waals surface area contributed by atoms with E-state index >= 15 is 0 Å². The van der Waals surface area contributed by atoms with Crippen molar-refractivity contribution in [2.75, 3.05) is 13.2 Å². The number of hydrogen-bond donors (Lipinski definition) is 2. The quantitative estimate of drug-likeness (QED) is 0.0820. The zero-order chi connectivity index (χ0) is 45.3. The maximum absolute atomic E-state index is 12.9. The zero-order valence-corrected chi connectivity index (χ0v) is 34.1. The normalized spacial score (nSPS) is 27.8. The molecule has 0 amide bonds. The summed E-state index contributed by atoms with van der Waals surface area (Å²) in [6, 6.07) is 0. The first kappa shape index (κ1) is 46.0. The first-order valence-corrected chi connectivity index (χ1v) is 19.4. The molecule has 2 unspecified atom stereocenters. The molecule has 0 radical (unpaired) electrons. The highest BCUT2D eigenvalue weighted by Crippen LogP contribution is 2.45. The molecule has 2 spiro atoms. The molecule has 2 saturated heterocycles. The van der Waals surface area contributed by atoms with Crippen LogP contribution in [0.3, 0.4) is 0 Å². The molecule has 5 rings (SSSR count). The van der Waals surface area contributed by atoms with Crippen LogP contribution in [0.5, 0.6) is 0 Å². The second kappa shape index (κ2) is 19.1. The van der Waals surface area contributed by atoms with Crippen molar-refractivity contribution in [3.8, 4) is 0 Å². The Hall–Kier alpha value is -7.12. The van der Waals surface area contributed by atoms with Crippen LogP contribution in [-0.4, -0.2) is 94.3 Å². The van der Waals surface area contributed by atoms with E-state index in [9.17, 15) is 48.6 Å². The predicted octanol–water partition coefficient (Wildman–Crippen LogP) is 4.04. The Kier molecular flexibility index (Phi) is 14.1. The number of aliphatic hydroxyl groups excluding tert-OH is 2. The Labute approximate surface area is 353 Å². The van der Waals surface area contributed by atoms with E-state index in [-0.39, 0.29) is 75.7 Å². The lowest BCUT2D eigenvalue weighted by molar-refractivity contribution is -0.291. The van der Waals surface area contributed by atoms with Crippen molar-refractivity contribution in [2.45, 2.75) is 102 Å². The van der Waals surface area contributed by atoms with Gasteiger partial charge in [0, 0.05) is 52.4 Å². The third kappa shape index (κ3) is 11.2. The molecule has 20 nitrogen and oxygen atoms in total. The first-order valence-electron chi connectivity index (χ1n) is 19.4. The highest BCUT2D eigenvalue weighted by Gasteiger charge is 2.57. The van der Waals surface area contributed by atoms with Gasteiger partial charge in [-0.2, -0.15) is 0 Å². The lowest BCUT2D eigenvalue weighted by Gasteiger charge is -2.45. The van der Waals surface area contributed by atoms with Crippen molar-refractivity contribution in [3.05, 3.63) is 94.9 Å². The van der Waals surface area contributed by atoms with Crippen LogP contribution in [0, 0.1) is 0 Å². The Morgan fingerprint density at radius 2 is 0.855 bits per heavy atom. The minimum Gasteiger partial charge on any atom is -0.480 e. The van der Waals surface area contributed by atoms with Gasteiger partial charge in [-0.15, -0.1) is 0 Å². The summed E-state index contributed by atoms with van der Waals surface area (Å²) in [5, 5.41) is 20.6. The van der Waals surface area contributed by atoms with Gasteiger partial charge in [-0.05, 0) is 38.2 Å². The molecule has 5 aliphatic rings. The summed E-state index contributed by atoms with van der Waals surface area (Å²) >= 11 is 0. The predicted molar refractivity (Wildman–Crippen MR) is 203 cm³/mol. The Bertz CT molecular complexity index is 1940. The van der Waals surface area contributed by atoms with E-state index in [0.29, 0.717) is 0 Å². The number of ether oxygens (including phenoxy) is 10. The van der Waals surface area contributed by atoms with Crippen LogP contribution in [0.4, 0.5) is 0 Å². The SMILES string of the molecule is CCOC(=O)CCC1(C)OC(=O)C(C=CC=CC=C2C(=O)OC3(CCC4(CC3)OC(=O)C(=CC=CC=CC3=C(O)OC(C)(CCC(=O)OCC)OC3=O)C(=O)O4)OC2=O)=C(O)O1. The molecular weight excluding hydrogens is 824 g/mol. The van der Waals surface area contributed by atoms with Crippen molar-refractivity contribution >= 4 is 47.8 Å². The van der Waals surface area contributed by atoms with Gasteiger partial charge >= 0.3 is 47.8 Å². The fraction of sp³-hybridized carbons (Fsp3) is 0.429. The molecule has 0 aromatic carbocycles. The molecule has 62 heavy (non-hydrogen) atoms. The first-order chi connectivity index (χ1) is 29.3. The number of allylic oxidation sites excluding steroid dienone is 8. The molecule has 2 N–H and O–H groups in total. The average molecular weight is 869 g/mol. The van der Waals surface area contributed by atoms with E-state index < -0.39 is 93.9 Å². The summed E-state index contributed by atoms with van der Waals surface area (Å²) in [5.41, 5.74) is -1.58. The molecular formula is C42H44O20. The topological polar surface area (TPSA) is 269 Å². The monoisotopic (exact) mass is 868 g/mol. The molecule has 0 aromatic heterocycles. The minimum absolute atomic E-state index is 0.0718. The van der Waals surface area contributed by atoms with Crippen LogP contribution in [0.1, 0.15) is 79.1 Å². The fourth-order valence-corrected chi connectivity index (χ4v) is 6.38. The molecule has 0 bridgehead atoms. The van der Waals surface area contributed by atoms with Gasteiger partial charge < -0.3 is 57.6 Å². The van der Waals surface area contributed by atoms with Crippen molar-refractivity contribution in [2.24, 2.45) is 0 Å². The highest BCUT2D eigenvalue weighted by atomic mass is 16.8. The second-order valence-electron chi connectivity index (χ2n) is 14.3. The zero-order valence-electron chi connectivity index (χ0n) is 34.1. The van der Waals surface area contributed by atoms with Gasteiger partial charge in [-0.1, -0.05) is 36.5 Å². The van der Waals surface area contributed by atoms with Crippen molar-refractivity contribution < 1.29 is 95.9 Å². The lowest BCUT2D eigenvalue weighted by Crippen LogP contribution is -2.56. The molecule has 4 aliphatic heterocycles. The molecule has 20 heteroatoms. The summed E-state index contributed by atoms with van der Waals surface area (Å²) < 4.78 is 52.8. The summed E-state index contributed by atoms with van der Waals surface area (Å²) in [5.74, 6) is -15.1. The molecule has 2 atom stereocenters. The number of carbonyl (C=O) groups is 8. The fourth-order valence-electron chi connectivity index (χ4n) is 6.38. The minimum atomic E-state index is -1.72.